The third-order valence-electron chi connectivity index (χ3n) is 5.57. The van der Waals surface area contributed by atoms with Gasteiger partial charge in [0.05, 0.1) is 6.54 Å². The molecule has 0 aromatic heterocycles. The van der Waals surface area contributed by atoms with Crippen LogP contribution in [0.4, 0.5) is 4.39 Å². The fourth-order valence-corrected chi connectivity index (χ4v) is 4.19. The van der Waals surface area contributed by atoms with Crippen LogP contribution in [0.2, 0.25) is 5.02 Å². The van der Waals surface area contributed by atoms with E-state index in [2.05, 4.69) is 36.3 Å². The molecule has 1 aromatic rings. The highest BCUT2D eigenvalue weighted by Gasteiger charge is 2.32. The van der Waals surface area contributed by atoms with Crippen LogP contribution in [0.25, 0.3) is 0 Å². The van der Waals surface area contributed by atoms with E-state index in [1.807, 2.05) is 0 Å². The van der Waals surface area contributed by atoms with Crippen molar-refractivity contribution < 1.29 is 4.39 Å². The molecule has 1 aliphatic carbocycles. The summed E-state index contributed by atoms with van der Waals surface area (Å²) in [6.07, 6.45) is 5.08. The minimum atomic E-state index is -0.310. The monoisotopic (exact) mass is 522 g/mol. The number of halogens is 3. The van der Waals surface area contributed by atoms with Gasteiger partial charge < -0.3 is 15.5 Å². The lowest BCUT2D eigenvalue weighted by atomic mass is 9.84. The molecule has 4 nitrogen and oxygen atoms in total. The van der Waals surface area contributed by atoms with Crippen molar-refractivity contribution in [3.05, 3.63) is 34.6 Å². The summed E-state index contributed by atoms with van der Waals surface area (Å²) < 4.78 is 13.4. The SMILES string of the molecule is CCNC(=NCC(C)(C)c1ccc(F)cc1Cl)NC1CCN(C2CC2)CC1.I. The van der Waals surface area contributed by atoms with Gasteiger partial charge in [0.25, 0.3) is 0 Å². The Morgan fingerprint density at radius 1 is 1.25 bits per heavy atom. The molecule has 7 heteroatoms. The first-order valence-corrected chi connectivity index (χ1v) is 10.5. The number of hydrogen-bond donors (Lipinski definition) is 2. The molecular weight excluding hydrogens is 490 g/mol. The summed E-state index contributed by atoms with van der Waals surface area (Å²) in [6, 6.07) is 5.93. The van der Waals surface area contributed by atoms with E-state index < -0.39 is 0 Å². The standard InChI is InChI=1S/C21H32ClFN4.HI/c1-4-24-20(26-16-9-11-27(12-10-16)17-6-7-17)25-14-21(2,3)18-8-5-15(23)13-19(18)22;/h5,8,13,16-17H,4,6-7,9-12,14H2,1-3H3,(H2,24,25,26);1H. The first-order valence-electron chi connectivity index (χ1n) is 10.1. The number of guanidine groups is 1. The maximum Gasteiger partial charge on any atom is 0.191 e. The Balaban J connectivity index is 0.00000280. The zero-order valence-corrected chi connectivity index (χ0v) is 20.2. The molecule has 0 amide bonds. The van der Waals surface area contributed by atoms with Gasteiger partial charge in [-0.15, -0.1) is 24.0 Å². The second-order valence-corrected chi connectivity index (χ2v) is 8.80. The van der Waals surface area contributed by atoms with Crippen molar-refractivity contribution in [2.75, 3.05) is 26.2 Å². The molecule has 28 heavy (non-hydrogen) atoms. The van der Waals surface area contributed by atoms with Crippen LogP contribution in [0.3, 0.4) is 0 Å². The second kappa shape index (κ2) is 10.4. The smallest absolute Gasteiger partial charge is 0.191 e. The third kappa shape index (κ3) is 6.46. The summed E-state index contributed by atoms with van der Waals surface area (Å²) in [5, 5.41) is 7.42. The molecule has 158 valence electrons. The first-order chi connectivity index (χ1) is 12.9. The highest BCUT2D eigenvalue weighted by Crippen LogP contribution is 2.31. The fraction of sp³-hybridized carbons (Fsp3) is 0.667. The number of benzene rings is 1. The molecular formula is C21H33ClFIN4. The summed E-state index contributed by atoms with van der Waals surface area (Å²) in [4.78, 5) is 7.44. The van der Waals surface area contributed by atoms with Gasteiger partial charge in [-0.1, -0.05) is 31.5 Å². The minimum absolute atomic E-state index is 0. The molecule has 0 spiro atoms. The lowest BCUT2D eigenvalue weighted by Gasteiger charge is -2.33. The van der Waals surface area contributed by atoms with Crippen molar-refractivity contribution >= 4 is 41.5 Å². The number of likely N-dealkylation sites (tertiary alicyclic amines) is 1. The van der Waals surface area contributed by atoms with E-state index in [0.717, 1.165) is 37.0 Å². The first kappa shape index (κ1) is 23.7. The maximum absolute atomic E-state index is 13.4. The van der Waals surface area contributed by atoms with Crippen LogP contribution in [-0.2, 0) is 5.41 Å². The van der Waals surface area contributed by atoms with Gasteiger partial charge in [0.15, 0.2) is 5.96 Å². The largest absolute Gasteiger partial charge is 0.357 e. The highest BCUT2D eigenvalue weighted by atomic mass is 127. The highest BCUT2D eigenvalue weighted by molar-refractivity contribution is 14.0. The quantitative estimate of drug-likeness (QED) is 0.327. The van der Waals surface area contributed by atoms with E-state index in [4.69, 9.17) is 16.6 Å². The van der Waals surface area contributed by atoms with E-state index in [0.29, 0.717) is 17.6 Å². The molecule has 1 aliphatic heterocycles. The number of nitrogens with zero attached hydrogens (tertiary/aromatic N) is 2. The molecule has 2 fully saturated rings. The number of nitrogens with one attached hydrogen (secondary N) is 2. The van der Waals surface area contributed by atoms with E-state index >= 15 is 0 Å². The second-order valence-electron chi connectivity index (χ2n) is 8.39. The lowest BCUT2D eigenvalue weighted by Crippen LogP contribution is -2.49. The summed E-state index contributed by atoms with van der Waals surface area (Å²) in [5.74, 6) is 0.546. The van der Waals surface area contributed by atoms with Gasteiger partial charge in [0.2, 0.25) is 0 Å². The third-order valence-corrected chi connectivity index (χ3v) is 5.88. The van der Waals surface area contributed by atoms with Crippen LogP contribution in [0.5, 0.6) is 0 Å². The Bertz CT molecular complexity index is 670. The number of aliphatic imine (C=N–C) groups is 1. The zero-order chi connectivity index (χ0) is 19.4. The normalized spacial score (nSPS) is 19.2. The Morgan fingerprint density at radius 3 is 2.50 bits per heavy atom. The molecule has 2 N–H and O–H groups in total. The molecule has 0 bridgehead atoms. The molecule has 0 atom stereocenters. The van der Waals surface area contributed by atoms with Crippen LogP contribution in [0.15, 0.2) is 23.2 Å². The van der Waals surface area contributed by atoms with Crippen LogP contribution >= 0.6 is 35.6 Å². The predicted octanol–water partition coefficient (Wildman–Crippen LogP) is 4.56. The van der Waals surface area contributed by atoms with Crippen molar-refractivity contribution in [2.24, 2.45) is 4.99 Å². The van der Waals surface area contributed by atoms with Gasteiger partial charge in [0.1, 0.15) is 5.82 Å². The van der Waals surface area contributed by atoms with E-state index in [1.165, 1.54) is 38.1 Å². The molecule has 3 rings (SSSR count). The van der Waals surface area contributed by atoms with E-state index in [-0.39, 0.29) is 35.2 Å². The number of hydrogen-bond acceptors (Lipinski definition) is 2. The Morgan fingerprint density at radius 2 is 1.93 bits per heavy atom. The molecule has 1 heterocycles. The van der Waals surface area contributed by atoms with Crippen molar-refractivity contribution in [3.8, 4) is 0 Å². The Kier molecular flexibility index (Phi) is 8.82. The van der Waals surface area contributed by atoms with Crippen molar-refractivity contribution in [1.82, 2.24) is 15.5 Å². The number of piperidine rings is 1. The molecule has 1 saturated carbocycles. The van der Waals surface area contributed by atoms with Crippen LogP contribution in [0.1, 0.15) is 52.0 Å². The minimum Gasteiger partial charge on any atom is -0.357 e. The van der Waals surface area contributed by atoms with E-state index in [9.17, 15) is 4.39 Å². The molecule has 1 aromatic carbocycles. The van der Waals surface area contributed by atoms with Gasteiger partial charge in [-0.3, -0.25) is 4.99 Å². The van der Waals surface area contributed by atoms with Crippen LogP contribution in [-0.4, -0.2) is 49.1 Å². The summed E-state index contributed by atoms with van der Waals surface area (Å²) in [5.41, 5.74) is 0.644. The van der Waals surface area contributed by atoms with Gasteiger partial charge in [0, 0.05) is 42.2 Å². The molecule has 1 saturated heterocycles. The van der Waals surface area contributed by atoms with Gasteiger partial charge >= 0.3 is 0 Å². The Hall–Kier alpha value is -0.600. The maximum atomic E-state index is 13.4. The summed E-state index contributed by atoms with van der Waals surface area (Å²) in [7, 11) is 0. The fourth-order valence-electron chi connectivity index (χ4n) is 3.76. The average Bonchev–Trinajstić information content (AvgIpc) is 3.45. The van der Waals surface area contributed by atoms with Gasteiger partial charge in [-0.2, -0.15) is 0 Å². The lowest BCUT2D eigenvalue weighted by molar-refractivity contribution is 0.197. The van der Waals surface area contributed by atoms with Crippen LogP contribution < -0.4 is 10.6 Å². The summed E-state index contributed by atoms with van der Waals surface area (Å²) >= 11 is 6.27. The van der Waals surface area contributed by atoms with Crippen molar-refractivity contribution in [3.63, 3.8) is 0 Å². The molecule has 0 radical (unpaired) electrons. The molecule has 2 aliphatic rings. The predicted molar refractivity (Wildman–Crippen MR) is 127 cm³/mol. The zero-order valence-electron chi connectivity index (χ0n) is 17.1. The van der Waals surface area contributed by atoms with Crippen molar-refractivity contribution in [1.29, 1.82) is 0 Å². The van der Waals surface area contributed by atoms with E-state index in [1.54, 1.807) is 6.07 Å². The summed E-state index contributed by atoms with van der Waals surface area (Å²) in [6.45, 7) is 10.0. The van der Waals surface area contributed by atoms with Crippen LogP contribution in [0, 0.1) is 5.82 Å². The van der Waals surface area contributed by atoms with Crippen molar-refractivity contribution in [2.45, 2.75) is 64.0 Å². The van der Waals surface area contributed by atoms with Gasteiger partial charge in [-0.05, 0) is 50.3 Å². The topological polar surface area (TPSA) is 39.7 Å². The van der Waals surface area contributed by atoms with Gasteiger partial charge in [-0.25, -0.2) is 4.39 Å². The number of rotatable bonds is 6. The molecule has 0 unspecified atom stereocenters. The average molecular weight is 523 g/mol. The Labute approximate surface area is 190 Å².